The van der Waals surface area contributed by atoms with Crippen molar-refractivity contribution in [2.45, 2.75) is 68.6 Å². The second-order valence-electron chi connectivity index (χ2n) is 7.19. The molecule has 0 bridgehead atoms. The van der Waals surface area contributed by atoms with Crippen LogP contribution in [0.1, 0.15) is 36.0 Å². The van der Waals surface area contributed by atoms with E-state index < -0.39 is 48.9 Å². The molecule has 1 saturated carbocycles. The van der Waals surface area contributed by atoms with E-state index in [4.69, 9.17) is 14.2 Å². The van der Waals surface area contributed by atoms with E-state index in [0.29, 0.717) is 12.8 Å². The Labute approximate surface area is 162 Å². The molecular formula is C19H26O9. The Bertz CT molecular complexity index is 649. The Morgan fingerprint density at radius 2 is 1.68 bits per heavy atom. The van der Waals surface area contributed by atoms with Crippen LogP contribution in [0.15, 0.2) is 24.3 Å². The van der Waals surface area contributed by atoms with Crippen molar-refractivity contribution in [1.82, 2.24) is 0 Å². The molecule has 1 aromatic carbocycles. The summed E-state index contributed by atoms with van der Waals surface area (Å²) in [6, 6.07) is 5.43. The number of aliphatic hydroxyl groups excluding tert-OH is 4. The third-order valence-electron chi connectivity index (χ3n) is 5.13. The van der Waals surface area contributed by atoms with E-state index in [1.165, 1.54) is 24.3 Å². The first-order valence-corrected chi connectivity index (χ1v) is 9.36. The summed E-state index contributed by atoms with van der Waals surface area (Å²) in [6.45, 7) is -0.377. The summed E-state index contributed by atoms with van der Waals surface area (Å²) >= 11 is 0. The van der Waals surface area contributed by atoms with Crippen molar-refractivity contribution >= 4 is 5.97 Å². The van der Waals surface area contributed by atoms with Crippen LogP contribution in [0.5, 0.6) is 5.75 Å². The van der Waals surface area contributed by atoms with Gasteiger partial charge in [0.05, 0.1) is 17.8 Å². The van der Waals surface area contributed by atoms with Crippen molar-refractivity contribution in [3.8, 4) is 5.75 Å². The summed E-state index contributed by atoms with van der Waals surface area (Å²) < 4.78 is 16.3. The summed E-state index contributed by atoms with van der Waals surface area (Å²) in [5.74, 6) is -0.693. The minimum absolute atomic E-state index is 0.00425. The van der Waals surface area contributed by atoms with Gasteiger partial charge in [-0.2, -0.15) is 0 Å². The van der Waals surface area contributed by atoms with Crippen LogP contribution in [-0.2, 0) is 14.2 Å². The fourth-order valence-electron chi connectivity index (χ4n) is 3.41. The maximum atomic E-state index is 12.1. The molecule has 28 heavy (non-hydrogen) atoms. The molecule has 7 atom stereocenters. The third kappa shape index (κ3) is 4.80. The maximum Gasteiger partial charge on any atom is 0.338 e. The quantitative estimate of drug-likeness (QED) is 0.421. The van der Waals surface area contributed by atoms with Gasteiger partial charge in [-0.05, 0) is 37.1 Å². The largest absolute Gasteiger partial charge is 0.508 e. The number of rotatable bonds is 5. The van der Waals surface area contributed by atoms with Crippen molar-refractivity contribution < 1.29 is 44.5 Å². The monoisotopic (exact) mass is 398 g/mol. The molecular weight excluding hydrogens is 372 g/mol. The molecule has 156 valence electrons. The predicted molar refractivity (Wildman–Crippen MR) is 94.4 cm³/mol. The van der Waals surface area contributed by atoms with Crippen LogP contribution in [0.3, 0.4) is 0 Å². The van der Waals surface area contributed by atoms with Crippen molar-refractivity contribution in [3.63, 3.8) is 0 Å². The van der Waals surface area contributed by atoms with E-state index in [1.807, 2.05) is 0 Å². The molecule has 2 aliphatic rings. The lowest BCUT2D eigenvalue weighted by atomic mass is 9.94. The average Bonchev–Trinajstić information content (AvgIpc) is 2.69. The van der Waals surface area contributed by atoms with E-state index in [-0.39, 0.29) is 17.9 Å². The lowest BCUT2D eigenvalue weighted by molar-refractivity contribution is -0.318. The Balaban J connectivity index is 1.59. The number of aliphatic hydroxyl groups is 4. The van der Waals surface area contributed by atoms with Crippen LogP contribution in [0.4, 0.5) is 0 Å². The van der Waals surface area contributed by atoms with Crippen LogP contribution in [0, 0.1) is 0 Å². The topological polar surface area (TPSA) is 146 Å². The average molecular weight is 398 g/mol. The summed E-state index contributed by atoms with van der Waals surface area (Å²) in [5.41, 5.74) is 0.196. The number of phenols is 1. The third-order valence-corrected chi connectivity index (χ3v) is 5.13. The van der Waals surface area contributed by atoms with Gasteiger partial charge in [0.15, 0.2) is 6.29 Å². The normalized spacial score (nSPS) is 36.1. The van der Waals surface area contributed by atoms with Crippen LogP contribution < -0.4 is 0 Å². The zero-order chi connectivity index (χ0) is 20.3. The number of phenolic OH excluding ortho intramolecular Hbond substituents is 1. The van der Waals surface area contributed by atoms with E-state index in [1.54, 1.807) is 0 Å². The van der Waals surface area contributed by atoms with Gasteiger partial charge in [-0.1, -0.05) is 12.8 Å². The van der Waals surface area contributed by atoms with Crippen LogP contribution in [0.25, 0.3) is 0 Å². The lowest BCUT2D eigenvalue weighted by Crippen LogP contribution is -2.60. The molecule has 5 N–H and O–H groups in total. The first-order valence-electron chi connectivity index (χ1n) is 9.36. The second kappa shape index (κ2) is 9.17. The molecule has 2 fully saturated rings. The Hall–Kier alpha value is -1.75. The number of hydrogen-bond donors (Lipinski definition) is 5. The maximum absolute atomic E-state index is 12.1. The lowest BCUT2D eigenvalue weighted by Gasteiger charge is -2.42. The zero-order valence-corrected chi connectivity index (χ0v) is 15.3. The second-order valence-corrected chi connectivity index (χ2v) is 7.19. The van der Waals surface area contributed by atoms with Gasteiger partial charge in [0.25, 0.3) is 0 Å². The number of esters is 1. The molecule has 9 nitrogen and oxygen atoms in total. The van der Waals surface area contributed by atoms with Crippen LogP contribution in [0.2, 0.25) is 0 Å². The molecule has 1 aliphatic carbocycles. The molecule has 0 radical (unpaired) electrons. The predicted octanol–water partition coefficient (Wildman–Crippen LogP) is -0.323. The van der Waals surface area contributed by atoms with Crippen LogP contribution >= 0.6 is 0 Å². The highest BCUT2D eigenvalue weighted by molar-refractivity contribution is 5.89. The molecule has 1 saturated heterocycles. The number of aromatic hydroxyl groups is 1. The minimum Gasteiger partial charge on any atom is -0.508 e. The SMILES string of the molecule is O=C(OC[C@H]1O[C@@H](O[C@@H]2CCCC[C@@H]2O)[C@H](O)[C@@H](O)[C@@H]1O)c1ccc(O)cc1. The highest BCUT2D eigenvalue weighted by Crippen LogP contribution is 2.28. The molecule has 1 aromatic rings. The Kier molecular flexibility index (Phi) is 6.86. The van der Waals surface area contributed by atoms with Gasteiger partial charge in [0.1, 0.15) is 36.8 Å². The van der Waals surface area contributed by atoms with Gasteiger partial charge in [-0.15, -0.1) is 0 Å². The number of carbonyl (C=O) groups excluding carboxylic acids is 1. The van der Waals surface area contributed by atoms with E-state index >= 15 is 0 Å². The molecule has 0 aromatic heterocycles. The first kappa shape index (κ1) is 21.0. The summed E-state index contributed by atoms with van der Waals surface area (Å²) in [7, 11) is 0. The van der Waals surface area contributed by atoms with Crippen molar-refractivity contribution in [2.24, 2.45) is 0 Å². The highest BCUT2D eigenvalue weighted by atomic mass is 16.7. The molecule has 0 spiro atoms. The molecule has 9 heteroatoms. The van der Waals surface area contributed by atoms with Crippen molar-refractivity contribution in [1.29, 1.82) is 0 Å². The molecule has 0 unspecified atom stereocenters. The van der Waals surface area contributed by atoms with Gasteiger partial charge in [0, 0.05) is 0 Å². The number of carbonyl (C=O) groups is 1. The fourth-order valence-corrected chi connectivity index (χ4v) is 3.41. The Morgan fingerprint density at radius 1 is 1.00 bits per heavy atom. The zero-order valence-electron chi connectivity index (χ0n) is 15.3. The van der Waals surface area contributed by atoms with E-state index in [2.05, 4.69) is 0 Å². The molecule has 3 rings (SSSR count). The molecule has 1 aliphatic heterocycles. The number of hydrogen-bond acceptors (Lipinski definition) is 9. The summed E-state index contributed by atoms with van der Waals surface area (Å²) in [6.07, 6.45) is -5.27. The minimum atomic E-state index is -1.56. The Morgan fingerprint density at radius 3 is 2.36 bits per heavy atom. The van der Waals surface area contributed by atoms with Crippen molar-refractivity contribution in [2.75, 3.05) is 6.61 Å². The van der Waals surface area contributed by atoms with Crippen LogP contribution in [-0.4, -0.2) is 81.0 Å². The number of ether oxygens (including phenoxy) is 3. The highest BCUT2D eigenvalue weighted by Gasteiger charge is 2.46. The van der Waals surface area contributed by atoms with Gasteiger partial charge < -0.3 is 39.7 Å². The summed E-state index contributed by atoms with van der Waals surface area (Å²) in [5, 5.41) is 49.7. The first-order chi connectivity index (χ1) is 13.4. The molecule has 0 amide bonds. The fraction of sp³-hybridized carbons (Fsp3) is 0.632. The van der Waals surface area contributed by atoms with Gasteiger partial charge in [0.2, 0.25) is 0 Å². The molecule has 1 heterocycles. The van der Waals surface area contributed by atoms with E-state index in [0.717, 1.165) is 12.8 Å². The number of benzene rings is 1. The van der Waals surface area contributed by atoms with Gasteiger partial charge >= 0.3 is 5.97 Å². The van der Waals surface area contributed by atoms with Gasteiger partial charge in [-0.3, -0.25) is 0 Å². The summed E-state index contributed by atoms with van der Waals surface area (Å²) in [4.78, 5) is 12.1. The van der Waals surface area contributed by atoms with Gasteiger partial charge in [-0.25, -0.2) is 4.79 Å². The van der Waals surface area contributed by atoms with Crippen molar-refractivity contribution in [3.05, 3.63) is 29.8 Å². The van der Waals surface area contributed by atoms with E-state index in [9.17, 15) is 30.3 Å². The smallest absolute Gasteiger partial charge is 0.338 e. The standard InChI is InChI=1S/C19H26O9/c20-11-7-5-10(6-8-11)18(25)26-9-14-15(22)16(23)17(24)19(28-14)27-13-4-2-1-3-12(13)21/h5-8,12-17,19-24H,1-4,9H2/t12-,13+,14+,15+,16-,17+,19+/m0/s1.